The van der Waals surface area contributed by atoms with E-state index in [1.165, 1.54) is 17.3 Å². The molecule has 0 aliphatic heterocycles. The summed E-state index contributed by atoms with van der Waals surface area (Å²) in [6.07, 6.45) is 1.64. The van der Waals surface area contributed by atoms with Crippen molar-refractivity contribution in [3.63, 3.8) is 0 Å². The van der Waals surface area contributed by atoms with Crippen molar-refractivity contribution in [1.82, 2.24) is 14.8 Å². The first-order valence-electron chi connectivity index (χ1n) is 9.94. The van der Waals surface area contributed by atoms with Crippen LogP contribution in [0.25, 0.3) is 11.4 Å². The van der Waals surface area contributed by atoms with Crippen molar-refractivity contribution in [1.29, 1.82) is 0 Å². The van der Waals surface area contributed by atoms with Crippen molar-refractivity contribution >= 4 is 17.7 Å². The summed E-state index contributed by atoms with van der Waals surface area (Å²) >= 11 is 1.31. The first kappa shape index (κ1) is 22.2. The topological polar surface area (TPSA) is 70.2 Å². The minimum atomic E-state index is -0.514. The average molecular weight is 428 g/mol. The first-order valence-corrected chi connectivity index (χ1v) is 10.9. The molecule has 0 fully saturated rings. The Kier molecular flexibility index (Phi) is 6.41. The van der Waals surface area contributed by atoms with E-state index in [-0.39, 0.29) is 17.1 Å². The van der Waals surface area contributed by atoms with Crippen LogP contribution in [0.4, 0.5) is 0 Å². The molecule has 0 spiro atoms. The summed E-state index contributed by atoms with van der Waals surface area (Å²) in [5, 5.41) is 9.39. The van der Waals surface area contributed by atoms with E-state index in [9.17, 15) is 4.79 Å². The van der Waals surface area contributed by atoms with Crippen LogP contribution in [0.15, 0.2) is 52.2 Å². The summed E-state index contributed by atoms with van der Waals surface area (Å²) in [4.78, 5) is 12.1. The van der Waals surface area contributed by atoms with Crippen molar-refractivity contribution in [3.8, 4) is 11.4 Å². The van der Waals surface area contributed by atoms with Crippen LogP contribution in [0.2, 0.25) is 0 Å². The van der Waals surface area contributed by atoms with E-state index >= 15 is 0 Å². The Bertz CT molecular complexity index is 978. The van der Waals surface area contributed by atoms with E-state index in [4.69, 9.17) is 9.15 Å². The highest BCUT2D eigenvalue weighted by Crippen LogP contribution is 2.28. The van der Waals surface area contributed by atoms with Gasteiger partial charge in [-0.3, -0.25) is 9.36 Å². The molecule has 6 nitrogen and oxygen atoms in total. The molecule has 3 aromatic rings. The smallest absolute Gasteiger partial charge is 0.316 e. The molecule has 0 bridgehead atoms. The molecule has 7 heteroatoms. The highest BCUT2D eigenvalue weighted by Gasteiger charge is 2.21. The Morgan fingerprint density at radius 2 is 1.77 bits per heavy atom. The Morgan fingerprint density at radius 1 is 1.07 bits per heavy atom. The van der Waals surface area contributed by atoms with Crippen LogP contribution in [0.1, 0.15) is 52.9 Å². The minimum absolute atomic E-state index is 0.0782. The number of hydrogen-bond acceptors (Lipinski definition) is 6. The van der Waals surface area contributed by atoms with Gasteiger partial charge < -0.3 is 9.15 Å². The van der Waals surface area contributed by atoms with Gasteiger partial charge in [0.05, 0.1) is 18.6 Å². The zero-order valence-corrected chi connectivity index (χ0v) is 19.2. The highest BCUT2D eigenvalue weighted by atomic mass is 32.2. The summed E-state index contributed by atoms with van der Waals surface area (Å²) < 4.78 is 12.9. The molecule has 160 valence electrons. The van der Waals surface area contributed by atoms with Gasteiger partial charge in [0.15, 0.2) is 11.0 Å². The van der Waals surface area contributed by atoms with Crippen LogP contribution in [0.5, 0.6) is 0 Å². The number of hydrogen-bond donors (Lipinski definition) is 0. The van der Waals surface area contributed by atoms with Crippen LogP contribution in [-0.4, -0.2) is 32.1 Å². The maximum atomic E-state index is 12.1. The van der Waals surface area contributed by atoms with Gasteiger partial charge in [0.1, 0.15) is 11.4 Å². The molecule has 0 aliphatic rings. The largest absolute Gasteiger partial charge is 0.467 e. The van der Waals surface area contributed by atoms with Crippen molar-refractivity contribution < 1.29 is 13.9 Å². The molecule has 0 atom stereocenters. The fraction of sp³-hybridized carbons (Fsp3) is 0.435. The number of carbonyl (C=O) groups is 1. The van der Waals surface area contributed by atoms with Crippen molar-refractivity contribution in [2.75, 3.05) is 5.75 Å². The maximum absolute atomic E-state index is 12.1. The lowest BCUT2D eigenvalue weighted by Crippen LogP contribution is -2.25. The van der Waals surface area contributed by atoms with Crippen molar-refractivity contribution in [2.45, 2.75) is 64.3 Å². The number of rotatable bonds is 6. The zero-order chi connectivity index (χ0) is 21.9. The summed E-state index contributed by atoms with van der Waals surface area (Å²) in [7, 11) is 0. The molecular formula is C23H29N3O3S. The summed E-state index contributed by atoms with van der Waals surface area (Å²) in [5.74, 6) is 1.41. The van der Waals surface area contributed by atoms with Crippen LogP contribution >= 0.6 is 11.8 Å². The lowest BCUT2D eigenvalue weighted by atomic mass is 9.87. The predicted molar refractivity (Wildman–Crippen MR) is 119 cm³/mol. The number of nitrogens with zero attached hydrogens (tertiary/aromatic N) is 3. The number of thioether (sulfide) groups is 1. The predicted octanol–water partition coefficient (Wildman–Crippen LogP) is 5.32. The number of benzene rings is 1. The third-order valence-electron chi connectivity index (χ3n) is 4.36. The normalized spacial score (nSPS) is 12.2. The van der Waals surface area contributed by atoms with E-state index in [2.05, 4.69) is 55.2 Å². The molecule has 2 aromatic heterocycles. The quantitative estimate of drug-likeness (QED) is 0.392. The van der Waals surface area contributed by atoms with Gasteiger partial charge in [0, 0.05) is 5.56 Å². The van der Waals surface area contributed by atoms with E-state index in [0.29, 0.717) is 11.7 Å². The molecule has 2 heterocycles. The number of furan rings is 1. The van der Waals surface area contributed by atoms with Crippen LogP contribution in [0.3, 0.4) is 0 Å². The number of esters is 1. The Hall–Kier alpha value is -2.54. The van der Waals surface area contributed by atoms with Crippen molar-refractivity contribution in [3.05, 3.63) is 54.0 Å². The first-order chi connectivity index (χ1) is 14.0. The number of carbonyl (C=O) groups excluding carboxylic acids is 1. The third-order valence-corrected chi connectivity index (χ3v) is 5.30. The lowest BCUT2D eigenvalue weighted by Gasteiger charge is -2.19. The molecule has 0 N–H and O–H groups in total. The van der Waals surface area contributed by atoms with E-state index in [1.54, 1.807) is 6.26 Å². The monoisotopic (exact) mass is 427 g/mol. The molecule has 1 aromatic carbocycles. The van der Waals surface area contributed by atoms with Gasteiger partial charge in [0.25, 0.3) is 0 Å². The molecule has 0 aliphatic carbocycles. The van der Waals surface area contributed by atoms with E-state index < -0.39 is 5.60 Å². The lowest BCUT2D eigenvalue weighted by molar-refractivity contribution is -0.151. The number of aromatic nitrogens is 3. The maximum Gasteiger partial charge on any atom is 0.316 e. The molecule has 3 rings (SSSR count). The van der Waals surface area contributed by atoms with Gasteiger partial charge in [-0.15, -0.1) is 10.2 Å². The summed E-state index contributed by atoms with van der Waals surface area (Å²) in [6, 6.07) is 12.1. The summed E-state index contributed by atoms with van der Waals surface area (Å²) in [6.45, 7) is 12.6. The van der Waals surface area contributed by atoms with Gasteiger partial charge >= 0.3 is 5.97 Å². The summed E-state index contributed by atoms with van der Waals surface area (Å²) in [5.41, 5.74) is 1.78. The van der Waals surface area contributed by atoms with Gasteiger partial charge in [-0.25, -0.2) is 0 Å². The molecule has 0 saturated heterocycles. The standard InChI is InChI=1S/C23H29N3O3S/c1-22(2,3)17-11-9-16(10-12-17)20-24-25-21(26(20)14-18-8-7-13-28-18)30-15-19(27)29-23(4,5)6/h7-13H,14-15H2,1-6H3. The minimum Gasteiger partial charge on any atom is -0.467 e. The second kappa shape index (κ2) is 8.68. The van der Waals surface area contributed by atoms with Gasteiger partial charge in [-0.05, 0) is 43.9 Å². The van der Waals surface area contributed by atoms with Gasteiger partial charge in [-0.1, -0.05) is 56.8 Å². The van der Waals surface area contributed by atoms with Gasteiger partial charge in [-0.2, -0.15) is 0 Å². The zero-order valence-electron chi connectivity index (χ0n) is 18.4. The molecule has 0 radical (unpaired) electrons. The second-order valence-corrected chi connectivity index (χ2v) is 10.1. The van der Waals surface area contributed by atoms with Crippen LogP contribution in [-0.2, 0) is 21.5 Å². The molecule has 0 amide bonds. The van der Waals surface area contributed by atoms with Gasteiger partial charge in [0.2, 0.25) is 0 Å². The van der Waals surface area contributed by atoms with E-state index in [0.717, 1.165) is 17.1 Å². The second-order valence-electron chi connectivity index (χ2n) is 9.17. The number of ether oxygens (including phenoxy) is 1. The third kappa shape index (κ3) is 5.75. The Balaban J connectivity index is 1.87. The average Bonchev–Trinajstić information content (AvgIpc) is 3.28. The molecule has 0 unspecified atom stereocenters. The Labute approximate surface area is 182 Å². The Morgan fingerprint density at radius 3 is 2.33 bits per heavy atom. The van der Waals surface area contributed by atoms with Crippen LogP contribution < -0.4 is 0 Å². The van der Waals surface area contributed by atoms with Crippen molar-refractivity contribution in [2.24, 2.45) is 0 Å². The molecule has 30 heavy (non-hydrogen) atoms. The highest BCUT2D eigenvalue weighted by molar-refractivity contribution is 7.99. The fourth-order valence-corrected chi connectivity index (χ4v) is 3.63. The molecular weight excluding hydrogens is 398 g/mol. The molecule has 0 saturated carbocycles. The van der Waals surface area contributed by atoms with Crippen LogP contribution in [0, 0.1) is 0 Å². The SMILES string of the molecule is CC(C)(C)OC(=O)CSc1nnc(-c2ccc(C(C)(C)C)cc2)n1Cc1ccco1. The fourth-order valence-electron chi connectivity index (χ4n) is 2.92. The van der Waals surface area contributed by atoms with E-state index in [1.807, 2.05) is 37.5 Å².